The van der Waals surface area contributed by atoms with Gasteiger partial charge in [-0.2, -0.15) is 0 Å². The lowest BCUT2D eigenvalue weighted by Gasteiger charge is -2.22. The minimum atomic E-state index is -0.416. The molecule has 5 heteroatoms. The molecule has 3 rings (SSSR count). The van der Waals surface area contributed by atoms with Gasteiger partial charge in [0.15, 0.2) is 0 Å². The molecule has 0 aliphatic carbocycles. The normalized spacial score (nSPS) is 17.0. The molecular weight excluding hydrogens is 290 g/mol. The summed E-state index contributed by atoms with van der Waals surface area (Å²) in [6.07, 6.45) is 4.57. The van der Waals surface area contributed by atoms with Gasteiger partial charge in [-0.15, -0.1) is 0 Å². The second-order valence-corrected chi connectivity index (χ2v) is 5.51. The molecule has 1 aliphatic rings. The number of carbonyl (C=O) groups excluding carboxylic acids is 2. The fraction of sp³-hybridized carbons (Fsp3) is 0.444. The molecular formula is C18H25N3O2. The summed E-state index contributed by atoms with van der Waals surface area (Å²) in [6, 6.07) is 7.62. The second kappa shape index (κ2) is 7.81. The first-order valence-electron chi connectivity index (χ1n) is 8.30. The summed E-state index contributed by atoms with van der Waals surface area (Å²) < 4.78 is 0. The Morgan fingerprint density at radius 3 is 2.78 bits per heavy atom. The third kappa shape index (κ3) is 3.73. The molecule has 0 saturated carbocycles. The van der Waals surface area contributed by atoms with Crippen LogP contribution in [0.25, 0.3) is 10.9 Å². The molecule has 1 fully saturated rings. The van der Waals surface area contributed by atoms with Crippen molar-refractivity contribution in [3.8, 4) is 0 Å². The summed E-state index contributed by atoms with van der Waals surface area (Å²) in [7, 11) is 0. The van der Waals surface area contributed by atoms with Gasteiger partial charge in [-0.25, -0.2) is 0 Å². The number of para-hydroxylation sites is 1. The van der Waals surface area contributed by atoms with Gasteiger partial charge >= 0.3 is 0 Å². The Morgan fingerprint density at radius 2 is 2.04 bits per heavy atom. The Kier molecular flexibility index (Phi) is 5.79. The third-order valence-electron chi connectivity index (χ3n) is 4.18. The summed E-state index contributed by atoms with van der Waals surface area (Å²) in [5.74, 6) is -0.380. The molecule has 1 saturated heterocycles. The number of aryl methyl sites for hydroxylation is 1. The molecule has 0 spiro atoms. The number of likely N-dealkylation sites (tertiary alicyclic amines) is 1. The van der Waals surface area contributed by atoms with Crippen molar-refractivity contribution in [1.82, 2.24) is 9.88 Å². The number of primary amides is 1. The minimum absolute atomic E-state index is 0.0154. The van der Waals surface area contributed by atoms with Gasteiger partial charge < -0.3 is 15.6 Å². The van der Waals surface area contributed by atoms with E-state index in [0.29, 0.717) is 25.8 Å². The zero-order valence-electron chi connectivity index (χ0n) is 13.8. The van der Waals surface area contributed by atoms with Crippen molar-refractivity contribution < 1.29 is 9.59 Å². The highest BCUT2D eigenvalue weighted by Gasteiger charge is 2.32. The number of aromatic nitrogens is 1. The largest absolute Gasteiger partial charge is 0.368 e. The Hall–Kier alpha value is -2.30. The number of carbonyl (C=O) groups is 2. The number of fused-ring (bicyclic) bond motifs is 1. The van der Waals surface area contributed by atoms with Crippen LogP contribution in [0.1, 0.15) is 38.7 Å². The predicted octanol–water partition coefficient (Wildman–Crippen LogP) is 2.60. The van der Waals surface area contributed by atoms with Crippen molar-refractivity contribution in [3.63, 3.8) is 0 Å². The van der Waals surface area contributed by atoms with E-state index in [0.717, 1.165) is 22.9 Å². The molecule has 3 N–H and O–H groups in total. The molecule has 124 valence electrons. The fourth-order valence-corrected chi connectivity index (χ4v) is 3.08. The van der Waals surface area contributed by atoms with Gasteiger partial charge in [-0.3, -0.25) is 9.59 Å². The third-order valence-corrected chi connectivity index (χ3v) is 4.18. The predicted molar refractivity (Wildman–Crippen MR) is 91.9 cm³/mol. The number of aromatic amines is 1. The van der Waals surface area contributed by atoms with Crippen LogP contribution in [0.15, 0.2) is 30.5 Å². The smallest absolute Gasteiger partial charge is 0.240 e. The Balaban J connectivity index is 0.000000924. The number of nitrogens with one attached hydrogen (secondary N) is 1. The van der Waals surface area contributed by atoms with Crippen LogP contribution in [-0.2, 0) is 16.0 Å². The number of H-pyrrole nitrogens is 1. The van der Waals surface area contributed by atoms with Crippen LogP contribution in [0.3, 0.4) is 0 Å². The van der Waals surface area contributed by atoms with Gasteiger partial charge in [0.1, 0.15) is 6.04 Å². The fourth-order valence-electron chi connectivity index (χ4n) is 3.08. The van der Waals surface area contributed by atoms with E-state index in [9.17, 15) is 9.59 Å². The van der Waals surface area contributed by atoms with Gasteiger partial charge in [0.2, 0.25) is 11.8 Å². The second-order valence-electron chi connectivity index (χ2n) is 5.51. The molecule has 0 bridgehead atoms. The molecule has 1 aromatic heterocycles. The highest BCUT2D eigenvalue weighted by atomic mass is 16.2. The Labute approximate surface area is 136 Å². The quantitative estimate of drug-likeness (QED) is 0.909. The molecule has 1 aliphatic heterocycles. The number of rotatable bonds is 4. The van der Waals surface area contributed by atoms with Crippen molar-refractivity contribution in [3.05, 3.63) is 36.0 Å². The van der Waals surface area contributed by atoms with Crippen molar-refractivity contribution in [2.75, 3.05) is 6.54 Å². The van der Waals surface area contributed by atoms with E-state index in [1.54, 1.807) is 4.90 Å². The van der Waals surface area contributed by atoms with E-state index in [1.165, 1.54) is 0 Å². The lowest BCUT2D eigenvalue weighted by atomic mass is 10.1. The van der Waals surface area contributed by atoms with Gasteiger partial charge in [0.25, 0.3) is 0 Å². The molecule has 2 aromatic rings. The van der Waals surface area contributed by atoms with Crippen LogP contribution in [0.4, 0.5) is 0 Å². The SMILES string of the molecule is CC.NC(=O)[C@@H]1CCCN1C(=O)CCc1c[nH]c2ccccc12. The molecule has 23 heavy (non-hydrogen) atoms. The molecule has 0 radical (unpaired) electrons. The average Bonchev–Trinajstić information content (AvgIpc) is 3.22. The van der Waals surface area contributed by atoms with Crippen LogP contribution in [0.5, 0.6) is 0 Å². The van der Waals surface area contributed by atoms with E-state index >= 15 is 0 Å². The minimum Gasteiger partial charge on any atom is -0.368 e. The summed E-state index contributed by atoms with van der Waals surface area (Å²) >= 11 is 0. The van der Waals surface area contributed by atoms with Crippen LogP contribution in [0.2, 0.25) is 0 Å². The first-order chi connectivity index (χ1) is 11.2. The lowest BCUT2D eigenvalue weighted by Crippen LogP contribution is -2.43. The van der Waals surface area contributed by atoms with Gasteiger partial charge in [-0.05, 0) is 30.9 Å². The molecule has 1 aromatic carbocycles. The van der Waals surface area contributed by atoms with E-state index in [2.05, 4.69) is 4.98 Å². The van der Waals surface area contributed by atoms with E-state index < -0.39 is 11.9 Å². The zero-order valence-corrected chi connectivity index (χ0v) is 13.8. The van der Waals surface area contributed by atoms with Crippen LogP contribution >= 0.6 is 0 Å². The molecule has 2 heterocycles. The van der Waals surface area contributed by atoms with Gasteiger partial charge in [0.05, 0.1) is 0 Å². The average molecular weight is 315 g/mol. The summed E-state index contributed by atoms with van der Waals surface area (Å²) in [4.78, 5) is 28.5. The van der Waals surface area contributed by atoms with E-state index in [1.807, 2.05) is 44.3 Å². The highest BCUT2D eigenvalue weighted by molar-refractivity contribution is 5.88. The van der Waals surface area contributed by atoms with Crippen LogP contribution in [0, 0.1) is 0 Å². The molecule has 0 unspecified atom stereocenters. The first-order valence-corrected chi connectivity index (χ1v) is 8.30. The number of benzene rings is 1. The van der Waals surface area contributed by atoms with Crippen LogP contribution in [-0.4, -0.2) is 34.3 Å². The number of nitrogens with two attached hydrogens (primary N) is 1. The topological polar surface area (TPSA) is 79.2 Å². The van der Waals surface area contributed by atoms with E-state index in [-0.39, 0.29) is 5.91 Å². The van der Waals surface area contributed by atoms with Crippen molar-refractivity contribution in [1.29, 1.82) is 0 Å². The Morgan fingerprint density at radius 1 is 1.30 bits per heavy atom. The van der Waals surface area contributed by atoms with Crippen molar-refractivity contribution in [2.24, 2.45) is 5.73 Å². The molecule has 1 atom stereocenters. The first kappa shape index (κ1) is 17.1. The van der Waals surface area contributed by atoms with Crippen molar-refractivity contribution >= 4 is 22.7 Å². The summed E-state index contributed by atoms with van der Waals surface area (Å²) in [5, 5.41) is 1.15. The number of nitrogens with zero attached hydrogens (tertiary/aromatic N) is 1. The lowest BCUT2D eigenvalue weighted by molar-refractivity contribution is -0.137. The molecule has 2 amide bonds. The number of hydrogen-bond acceptors (Lipinski definition) is 2. The monoisotopic (exact) mass is 315 g/mol. The van der Waals surface area contributed by atoms with Crippen molar-refractivity contribution in [2.45, 2.75) is 45.6 Å². The summed E-state index contributed by atoms with van der Waals surface area (Å²) in [6.45, 7) is 4.64. The molecule has 5 nitrogen and oxygen atoms in total. The van der Waals surface area contributed by atoms with E-state index in [4.69, 9.17) is 5.73 Å². The highest BCUT2D eigenvalue weighted by Crippen LogP contribution is 2.21. The Bertz CT molecular complexity index is 678. The summed E-state index contributed by atoms with van der Waals surface area (Å²) in [5.41, 5.74) is 7.57. The van der Waals surface area contributed by atoms with Gasteiger partial charge in [0, 0.05) is 30.1 Å². The number of hydrogen-bond donors (Lipinski definition) is 2. The maximum absolute atomic E-state index is 12.3. The maximum atomic E-state index is 12.3. The number of amides is 2. The standard InChI is InChI=1S/C16H19N3O2.C2H6/c17-16(21)14-6-3-9-19(14)15(20)8-7-11-10-18-13-5-2-1-4-12(11)13;1-2/h1-2,4-5,10,14,18H,3,6-9H2,(H2,17,21);1-2H3/t14-;/m0./s1. The maximum Gasteiger partial charge on any atom is 0.240 e. The van der Waals surface area contributed by atoms with Gasteiger partial charge in [-0.1, -0.05) is 32.0 Å². The zero-order chi connectivity index (χ0) is 16.8. The van der Waals surface area contributed by atoms with Crippen LogP contribution < -0.4 is 5.73 Å².